The number of thiazole rings is 1. The minimum Gasteiger partial charge on any atom is -0.445 e. The molecule has 1 heterocycles. The van der Waals surface area contributed by atoms with Crippen molar-refractivity contribution >= 4 is 28.2 Å². The lowest BCUT2D eigenvalue weighted by atomic mass is 10.2. The molecule has 0 aliphatic heterocycles. The van der Waals surface area contributed by atoms with Crippen molar-refractivity contribution in [1.29, 1.82) is 0 Å². The summed E-state index contributed by atoms with van der Waals surface area (Å²) in [5.41, 5.74) is 1.54. The number of carbonyl (C=O) groups excluding carboxylic acids is 1. The van der Waals surface area contributed by atoms with Crippen molar-refractivity contribution in [2.75, 3.05) is 17.3 Å². The van der Waals surface area contributed by atoms with Crippen molar-refractivity contribution in [1.82, 2.24) is 4.98 Å². The quantitative estimate of drug-likeness (QED) is 0.639. The number of benzene rings is 2. The van der Waals surface area contributed by atoms with Crippen LogP contribution in [0.4, 0.5) is 20.0 Å². The maximum Gasteiger partial charge on any atom is 0.327 e. The van der Waals surface area contributed by atoms with Crippen LogP contribution in [0.3, 0.4) is 0 Å². The fourth-order valence-corrected chi connectivity index (χ4v) is 2.92. The Morgan fingerprint density at radius 3 is 2.85 bits per heavy atom. The summed E-state index contributed by atoms with van der Waals surface area (Å²) in [6.07, 6.45) is 1.47. The van der Waals surface area contributed by atoms with Crippen LogP contribution in [-0.2, 0) is 0 Å². The Labute approximate surface area is 160 Å². The van der Waals surface area contributed by atoms with Crippen LogP contribution in [0.5, 0.6) is 10.8 Å². The molecule has 0 aliphatic rings. The van der Waals surface area contributed by atoms with Crippen LogP contribution in [0.15, 0.2) is 54.7 Å². The molecule has 3 aromatic rings. The van der Waals surface area contributed by atoms with Gasteiger partial charge in [-0.3, -0.25) is 10.2 Å². The van der Waals surface area contributed by atoms with Gasteiger partial charge in [0.2, 0.25) is 5.06 Å². The highest BCUT2D eigenvalue weighted by atomic mass is 32.1. The average molecular weight is 381 g/mol. The largest absolute Gasteiger partial charge is 0.445 e. The number of nitrogens with one attached hydrogen (secondary N) is 1. The molecule has 0 bridgehead atoms. The molecule has 1 aromatic heterocycles. The van der Waals surface area contributed by atoms with Crippen LogP contribution >= 0.6 is 11.3 Å². The Hall–Kier alpha value is -3.37. The lowest BCUT2D eigenvalue weighted by Crippen LogP contribution is -2.31. The summed E-state index contributed by atoms with van der Waals surface area (Å²) in [7, 11) is 1.66. The molecule has 0 fully saturated rings. The predicted molar refractivity (Wildman–Crippen MR) is 105 cm³/mol. The summed E-state index contributed by atoms with van der Waals surface area (Å²) >= 11 is 1.15. The van der Waals surface area contributed by atoms with Gasteiger partial charge in [0, 0.05) is 24.4 Å². The number of hydrogen-bond donors (Lipinski definition) is 1. The van der Waals surface area contributed by atoms with Gasteiger partial charge in [-0.15, -0.1) is 5.92 Å². The highest BCUT2D eigenvalue weighted by Crippen LogP contribution is 2.30. The molecule has 0 aliphatic carbocycles. The van der Waals surface area contributed by atoms with E-state index in [2.05, 4.69) is 22.1 Å². The zero-order valence-electron chi connectivity index (χ0n) is 14.7. The molecular formula is C20H16FN3O2S. The van der Waals surface area contributed by atoms with Gasteiger partial charge >= 0.3 is 6.03 Å². The van der Waals surface area contributed by atoms with Gasteiger partial charge in [0.25, 0.3) is 0 Å². The Morgan fingerprint density at radius 1 is 1.26 bits per heavy atom. The van der Waals surface area contributed by atoms with Crippen molar-refractivity contribution in [3.63, 3.8) is 0 Å². The van der Waals surface area contributed by atoms with Crippen molar-refractivity contribution in [3.8, 4) is 22.7 Å². The molecule has 0 atom stereocenters. The molecule has 5 nitrogen and oxygen atoms in total. The fraction of sp³-hybridized carbons (Fsp3) is 0.100. The number of anilines is 2. The summed E-state index contributed by atoms with van der Waals surface area (Å²) in [5, 5.41) is 3.53. The van der Waals surface area contributed by atoms with Crippen molar-refractivity contribution in [2.45, 2.75) is 6.92 Å². The maximum atomic E-state index is 13.2. The molecule has 0 radical (unpaired) electrons. The summed E-state index contributed by atoms with van der Waals surface area (Å²) in [6.45, 7) is 1.76. The molecule has 0 saturated carbocycles. The highest BCUT2D eigenvalue weighted by Gasteiger charge is 2.14. The second-order valence-corrected chi connectivity index (χ2v) is 6.45. The van der Waals surface area contributed by atoms with E-state index in [4.69, 9.17) is 4.74 Å². The van der Waals surface area contributed by atoms with Gasteiger partial charge < -0.3 is 4.74 Å². The molecule has 27 heavy (non-hydrogen) atoms. The van der Waals surface area contributed by atoms with Crippen LogP contribution in [-0.4, -0.2) is 18.1 Å². The third-order valence-corrected chi connectivity index (χ3v) is 4.31. The van der Waals surface area contributed by atoms with Gasteiger partial charge in [-0.1, -0.05) is 29.4 Å². The molecule has 2 aromatic carbocycles. The van der Waals surface area contributed by atoms with E-state index in [-0.39, 0.29) is 11.8 Å². The third kappa shape index (κ3) is 4.84. The number of urea groups is 1. The van der Waals surface area contributed by atoms with Crippen LogP contribution in [0.25, 0.3) is 0 Å². The first-order chi connectivity index (χ1) is 13.0. The molecule has 0 unspecified atom stereocenters. The van der Waals surface area contributed by atoms with Gasteiger partial charge in [-0.05, 0) is 37.3 Å². The van der Waals surface area contributed by atoms with E-state index < -0.39 is 0 Å². The number of aromatic nitrogens is 1. The van der Waals surface area contributed by atoms with E-state index in [0.717, 1.165) is 16.9 Å². The van der Waals surface area contributed by atoms with Gasteiger partial charge in [-0.2, -0.15) is 0 Å². The minimum absolute atomic E-state index is 0.344. The normalized spacial score (nSPS) is 9.89. The number of nitrogens with zero attached hydrogens (tertiary/aromatic N) is 2. The second kappa shape index (κ2) is 8.34. The van der Waals surface area contributed by atoms with Crippen LogP contribution < -0.4 is 15.0 Å². The zero-order chi connectivity index (χ0) is 19.2. The van der Waals surface area contributed by atoms with E-state index in [1.54, 1.807) is 26.1 Å². The standard InChI is InChI=1S/C20H16FN3O2S/c1-3-6-14-7-4-9-16(11-14)24(2)20(25)23-19-22-13-18(27-19)26-17-10-5-8-15(21)12-17/h4-5,7-13H,1-2H3,(H,22,23,25). The number of ether oxygens (including phenoxy) is 1. The topological polar surface area (TPSA) is 54.5 Å². The van der Waals surface area contributed by atoms with Gasteiger partial charge in [-0.25, -0.2) is 14.2 Å². The monoisotopic (exact) mass is 381 g/mol. The average Bonchev–Trinajstić information content (AvgIpc) is 3.08. The Kier molecular flexibility index (Phi) is 5.69. The first kappa shape index (κ1) is 18.4. The summed E-state index contributed by atoms with van der Waals surface area (Å²) in [4.78, 5) is 18.0. The molecule has 1 N–H and O–H groups in total. The minimum atomic E-state index is -0.387. The first-order valence-corrected chi connectivity index (χ1v) is 8.83. The maximum absolute atomic E-state index is 13.2. The van der Waals surface area contributed by atoms with Crippen LogP contribution in [0, 0.1) is 17.7 Å². The number of halogens is 1. The van der Waals surface area contributed by atoms with Crippen molar-refractivity contribution in [3.05, 3.63) is 66.1 Å². The van der Waals surface area contributed by atoms with E-state index in [1.807, 2.05) is 24.3 Å². The Morgan fingerprint density at radius 2 is 2.07 bits per heavy atom. The smallest absolute Gasteiger partial charge is 0.327 e. The summed E-state index contributed by atoms with van der Waals surface area (Å²) in [5.74, 6) is 5.77. The second-order valence-electron chi connectivity index (χ2n) is 5.46. The Bertz CT molecular complexity index is 1020. The van der Waals surface area contributed by atoms with Crippen LogP contribution in [0.2, 0.25) is 0 Å². The molecule has 7 heteroatoms. The van der Waals surface area contributed by atoms with Crippen molar-refractivity contribution in [2.24, 2.45) is 0 Å². The van der Waals surface area contributed by atoms with Gasteiger partial charge in [0.15, 0.2) is 5.13 Å². The van der Waals surface area contributed by atoms with Gasteiger partial charge in [0.1, 0.15) is 11.6 Å². The number of carbonyl (C=O) groups is 1. The molecule has 136 valence electrons. The Balaban J connectivity index is 1.66. The van der Waals surface area contributed by atoms with E-state index >= 15 is 0 Å². The molecule has 3 rings (SSSR count). The highest BCUT2D eigenvalue weighted by molar-refractivity contribution is 7.17. The number of hydrogen-bond acceptors (Lipinski definition) is 4. The van der Waals surface area contributed by atoms with E-state index in [0.29, 0.717) is 21.6 Å². The number of rotatable bonds is 4. The van der Waals surface area contributed by atoms with E-state index in [9.17, 15) is 9.18 Å². The molecule has 2 amide bonds. The lowest BCUT2D eigenvalue weighted by molar-refractivity contribution is 0.258. The molecule has 0 saturated heterocycles. The zero-order valence-corrected chi connectivity index (χ0v) is 15.5. The molecule has 0 spiro atoms. The predicted octanol–water partition coefficient (Wildman–Crippen LogP) is 5.11. The first-order valence-electron chi connectivity index (χ1n) is 8.02. The summed E-state index contributed by atoms with van der Waals surface area (Å²) < 4.78 is 18.8. The summed E-state index contributed by atoms with van der Waals surface area (Å²) in [6, 6.07) is 12.8. The van der Waals surface area contributed by atoms with E-state index in [1.165, 1.54) is 23.2 Å². The lowest BCUT2D eigenvalue weighted by Gasteiger charge is -2.17. The number of amides is 2. The third-order valence-electron chi connectivity index (χ3n) is 3.52. The molecular weight excluding hydrogens is 365 g/mol. The van der Waals surface area contributed by atoms with Crippen LogP contribution in [0.1, 0.15) is 12.5 Å². The van der Waals surface area contributed by atoms with Gasteiger partial charge in [0.05, 0.1) is 6.20 Å². The van der Waals surface area contributed by atoms with Crippen molar-refractivity contribution < 1.29 is 13.9 Å². The fourth-order valence-electron chi connectivity index (χ4n) is 2.24. The SMILES string of the molecule is CC#Cc1cccc(N(C)C(=O)Nc2ncc(Oc3cccc(F)c3)s2)c1.